The SMILES string of the molecule is COc1ccnc(C(=O)C[C@@H](C)C(=O)O[C@H](C)[C@H](C)c2ccccc2C)c1OC(=O)C(C)C. The van der Waals surface area contributed by atoms with Crippen LogP contribution in [0.5, 0.6) is 11.5 Å². The van der Waals surface area contributed by atoms with Crippen molar-refractivity contribution in [2.45, 2.75) is 60.0 Å². The summed E-state index contributed by atoms with van der Waals surface area (Å²) in [6.07, 6.45) is 0.887. The molecular weight excluding hydrogens is 422 g/mol. The van der Waals surface area contributed by atoms with E-state index in [1.54, 1.807) is 20.8 Å². The quantitative estimate of drug-likeness (QED) is 0.371. The zero-order valence-corrected chi connectivity index (χ0v) is 20.4. The number of benzene rings is 1. The van der Waals surface area contributed by atoms with Gasteiger partial charge in [-0.1, -0.05) is 52.0 Å². The van der Waals surface area contributed by atoms with Gasteiger partial charge in [-0.3, -0.25) is 14.4 Å². The average Bonchev–Trinajstić information content (AvgIpc) is 2.78. The van der Waals surface area contributed by atoms with Crippen molar-refractivity contribution in [1.82, 2.24) is 4.98 Å². The Hall–Kier alpha value is -3.22. The van der Waals surface area contributed by atoms with Gasteiger partial charge in [-0.05, 0) is 25.0 Å². The van der Waals surface area contributed by atoms with E-state index in [0.717, 1.165) is 11.1 Å². The van der Waals surface area contributed by atoms with Crippen LogP contribution in [0, 0.1) is 18.8 Å². The van der Waals surface area contributed by atoms with Gasteiger partial charge in [-0.25, -0.2) is 4.98 Å². The fraction of sp³-hybridized carbons (Fsp3) is 0.462. The second-order valence-corrected chi connectivity index (χ2v) is 8.58. The number of ether oxygens (including phenoxy) is 3. The predicted molar refractivity (Wildman–Crippen MR) is 125 cm³/mol. The van der Waals surface area contributed by atoms with Crippen LogP contribution in [0.4, 0.5) is 0 Å². The van der Waals surface area contributed by atoms with Gasteiger partial charge in [0, 0.05) is 24.6 Å². The molecule has 178 valence electrons. The number of carbonyl (C=O) groups excluding carboxylic acids is 3. The van der Waals surface area contributed by atoms with Crippen molar-refractivity contribution < 1.29 is 28.6 Å². The van der Waals surface area contributed by atoms with Crippen LogP contribution in [-0.4, -0.2) is 35.9 Å². The molecule has 0 spiro atoms. The molecule has 0 aliphatic carbocycles. The number of pyridine rings is 1. The molecule has 7 nitrogen and oxygen atoms in total. The molecule has 1 aromatic heterocycles. The largest absolute Gasteiger partial charge is 0.493 e. The molecule has 0 saturated carbocycles. The third kappa shape index (κ3) is 6.63. The predicted octanol–water partition coefficient (Wildman–Crippen LogP) is 4.90. The summed E-state index contributed by atoms with van der Waals surface area (Å²) in [5.41, 5.74) is 2.19. The number of carbonyl (C=O) groups is 3. The van der Waals surface area contributed by atoms with Crippen molar-refractivity contribution >= 4 is 17.7 Å². The van der Waals surface area contributed by atoms with Gasteiger partial charge in [0.15, 0.2) is 17.2 Å². The summed E-state index contributed by atoms with van der Waals surface area (Å²) in [6.45, 7) is 10.9. The standard InChI is InChI=1S/C26H33NO6/c1-15(2)25(29)33-24-22(31-7)12-13-27-23(24)21(28)14-17(4)26(30)32-19(6)18(5)20-11-9-8-10-16(20)3/h8-13,15,17-19H,14H2,1-7H3/t17-,18+,19-/m1/s1. The zero-order valence-electron chi connectivity index (χ0n) is 20.4. The molecule has 0 amide bonds. The Kier molecular flexibility index (Phi) is 9.14. The lowest BCUT2D eigenvalue weighted by Gasteiger charge is -2.23. The number of hydrogen-bond acceptors (Lipinski definition) is 7. The Morgan fingerprint density at radius 2 is 1.64 bits per heavy atom. The molecule has 1 aromatic carbocycles. The summed E-state index contributed by atoms with van der Waals surface area (Å²) in [5, 5.41) is 0. The first-order valence-electron chi connectivity index (χ1n) is 11.1. The fourth-order valence-corrected chi connectivity index (χ4v) is 3.32. The number of rotatable bonds is 10. The maximum Gasteiger partial charge on any atom is 0.313 e. The minimum atomic E-state index is -0.703. The summed E-state index contributed by atoms with van der Waals surface area (Å²) in [5.74, 6) is -2.34. The third-order valence-electron chi connectivity index (χ3n) is 5.61. The van der Waals surface area contributed by atoms with Crippen molar-refractivity contribution in [3.8, 4) is 11.5 Å². The molecule has 2 aromatic rings. The van der Waals surface area contributed by atoms with Crippen LogP contribution < -0.4 is 9.47 Å². The first-order valence-corrected chi connectivity index (χ1v) is 11.1. The summed E-state index contributed by atoms with van der Waals surface area (Å²) in [7, 11) is 1.41. The zero-order chi connectivity index (χ0) is 24.7. The van der Waals surface area contributed by atoms with E-state index in [1.165, 1.54) is 19.4 Å². The smallest absolute Gasteiger partial charge is 0.313 e. The van der Waals surface area contributed by atoms with Crippen molar-refractivity contribution in [3.63, 3.8) is 0 Å². The molecule has 0 bridgehead atoms. The molecule has 33 heavy (non-hydrogen) atoms. The third-order valence-corrected chi connectivity index (χ3v) is 5.61. The molecule has 0 aliphatic rings. The maximum atomic E-state index is 13.0. The molecule has 0 unspecified atom stereocenters. The Bertz CT molecular complexity index is 1000. The molecule has 0 fully saturated rings. The number of nitrogens with zero attached hydrogens (tertiary/aromatic N) is 1. The van der Waals surface area contributed by atoms with Gasteiger partial charge < -0.3 is 14.2 Å². The Balaban J connectivity index is 2.11. The lowest BCUT2D eigenvalue weighted by Crippen LogP contribution is -2.26. The lowest BCUT2D eigenvalue weighted by molar-refractivity contribution is -0.153. The number of hydrogen-bond donors (Lipinski definition) is 0. The van der Waals surface area contributed by atoms with Crippen LogP contribution >= 0.6 is 0 Å². The molecule has 0 aliphatic heterocycles. The highest BCUT2D eigenvalue weighted by Gasteiger charge is 2.28. The average molecular weight is 456 g/mol. The second kappa shape index (κ2) is 11.6. The van der Waals surface area contributed by atoms with Crippen molar-refractivity contribution in [2.75, 3.05) is 7.11 Å². The monoisotopic (exact) mass is 455 g/mol. The van der Waals surface area contributed by atoms with Gasteiger partial charge in [-0.15, -0.1) is 0 Å². The van der Waals surface area contributed by atoms with E-state index in [-0.39, 0.29) is 35.6 Å². The molecular formula is C26H33NO6. The summed E-state index contributed by atoms with van der Waals surface area (Å²) in [4.78, 5) is 41.9. The molecule has 0 radical (unpaired) electrons. The van der Waals surface area contributed by atoms with Gasteiger partial charge >= 0.3 is 11.9 Å². The van der Waals surface area contributed by atoms with Crippen LogP contribution in [0.1, 0.15) is 68.6 Å². The van der Waals surface area contributed by atoms with E-state index in [0.29, 0.717) is 0 Å². The van der Waals surface area contributed by atoms with Gasteiger partial charge in [0.1, 0.15) is 6.10 Å². The van der Waals surface area contributed by atoms with Crippen LogP contribution in [0.3, 0.4) is 0 Å². The molecule has 7 heteroatoms. The number of ketones is 1. The van der Waals surface area contributed by atoms with E-state index in [9.17, 15) is 14.4 Å². The van der Waals surface area contributed by atoms with Gasteiger partial charge in [0.2, 0.25) is 5.75 Å². The number of aryl methyl sites for hydroxylation is 1. The minimum Gasteiger partial charge on any atom is -0.493 e. The molecule has 2 rings (SSSR count). The van der Waals surface area contributed by atoms with Gasteiger partial charge in [0.05, 0.1) is 18.9 Å². The Morgan fingerprint density at radius 1 is 0.970 bits per heavy atom. The summed E-state index contributed by atoms with van der Waals surface area (Å²) in [6, 6.07) is 9.47. The van der Waals surface area contributed by atoms with E-state index < -0.39 is 29.6 Å². The maximum absolute atomic E-state index is 13.0. The fourth-order valence-electron chi connectivity index (χ4n) is 3.32. The van der Waals surface area contributed by atoms with Crippen molar-refractivity contribution in [2.24, 2.45) is 11.8 Å². The van der Waals surface area contributed by atoms with Crippen LogP contribution in [-0.2, 0) is 14.3 Å². The van der Waals surface area contributed by atoms with Gasteiger partial charge in [-0.2, -0.15) is 0 Å². The number of esters is 2. The van der Waals surface area contributed by atoms with E-state index in [4.69, 9.17) is 14.2 Å². The molecule has 3 atom stereocenters. The van der Waals surface area contributed by atoms with Crippen LogP contribution in [0.25, 0.3) is 0 Å². The summed E-state index contributed by atoms with van der Waals surface area (Å²) >= 11 is 0. The van der Waals surface area contributed by atoms with E-state index in [1.807, 2.05) is 45.0 Å². The topological polar surface area (TPSA) is 91.8 Å². The second-order valence-electron chi connectivity index (χ2n) is 8.58. The van der Waals surface area contributed by atoms with E-state index >= 15 is 0 Å². The number of aromatic nitrogens is 1. The highest BCUT2D eigenvalue weighted by atomic mass is 16.6. The van der Waals surface area contributed by atoms with Crippen molar-refractivity contribution in [1.29, 1.82) is 0 Å². The molecule has 0 saturated heterocycles. The highest BCUT2D eigenvalue weighted by molar-refractivity contribution is 6.00. The number of methoxy groups -OCH3 is 1. The Labute approximate surface area is 195 Å². The Morgan fingerprint density at radius 3 is 2.24 bits per heavy atom. The summed E-state index contributed by atoms with van der Waals surface area (Å²) < 4.78 is 16.3. The molecule has 0 N–H and O–H groups in total. The lowest BCUT2D eigenvalue weighted by atomic mass is 9.92. The first kappa shape index (κ1) is 26.0. The normalized spacial score (nSPS) is 13.7. The van der Waals surface area contributed by atoms with Crippen LogP contribution in [0.15, 0.2) is 36.5 Å². The van der Waals surface area contributed by atoms with E-state index in [2.05, 4.69) is 4.98 Å². The highest BCUT2D eigenvalue weighted by Crippen LogP contribution is 2.32. The van der Waals surface area contributed by atoms with Crippen LogP contribution in [0.2, 0.25) is 0 Å². The van der Waals surface area contributed by atoms with Crippen molar-refractivity contribution in [3.05, 3.63) is 53.3 Å². The minimum absolute atomic E-state index is 0.000140. The number of Topliss-reactive ketones (excluding diaryl/α,β-unsaturated/α-hetero) is 1. The molecule has 1 heterocycles. The van der Waals surface area contributed by atoms with Gasteiger partial charge in [0.25, 0.3) is 0 Å². The first-order chi connectivity index (χ1) is 15.6.